The first-order valence-electron chi connectivity index (χ1n) is 12.3. The minimum atomic E-state index is -1.15. The van der Waals surface area contributed by atoms with E-state index in [0.29, 0.717) is 46.2 Å². The van der Waals surface area contributed by atoms with Crippen molar-refractivity contribution < 1.29 is 13.9 Å². The van der Waals surface area contributed by atoms with Gasteiger partial charge in [-0.25, -0.2) is 4.98 Å². The van der Waals surface area contributed by atoms with Crippen molar-refractivity contribution in [3.05, 3.63) is 101 Å². The number of hydrogen-bond donors (Lipinski definition) is 3. The van der Waals surface area contributed by atoms with Crippen LogP contribution in [0.1, 0.15) is 45.8 Å². The molecule has 4 rings (SSSR count). The monoisotopic (exact) mass is 525 g/mol. The third-order valence-electron chi connectivity index (χ3n) is 6.17. The molecule has 0 aliphatic rings. The largest absolute Gasteiger partial charge is 0.446 e. The molecule has 0 fully saturated rings. The molecule has 1 amide bonds. The molecule has 10 heteroatoms. The molecule has 0 spiro atoms. The van der Waals surface area contributed by atoms with Crippen LogP contribution >= 0.6 is 0 Å². The van der Waals surface area contributed by atoms with Crippen molar-refractivity contribution in [1.82, 2.24) is 19.9 Å². The van der Waals surface area contributed by atoms with Gasteiger partial charge in [0, 0.05) is 43.1 Å². The summed E-state index contributed by atoms with van der Waals surface area (Å²) in [5.41, 5.74) is 8.57. The Morgan fingerprint density at radius 3 is 2.46 bits per heavy atom. The summed E-state index contributed by atoms with van der Waals surface area (Å²) in [4.78, 5) is 27.8. The molecule has 4 N–H and O–H groups in total. The van der Waals surface area contributed by atoms with E-state index < -0.39 is 5.54 Å². The summed E-state index contributed by atoms with van der Waals surface area (Å²) in [6.45, 7) is 5.49. The van der Waals surface area contributed by atoms with Crippen molar-refractivity contribution in [2.24, 2.45) is 5.73 Å². The second kappa shape index (κ2) is 11.4. The third-order valence-corrected chi connectivity index (χ3v) is 6.17. The Kier molecular flexibility index (Phi) is 7.96. The summed E-state index contributed by atoms with van der Waals surface area (Å²) in [5.74, 6) is 0.314. The highest BCUT2D eigenvalue weighted by molar-refractivity contribution is 6.04. The van der Waals surface area contributed by atoms with Gasteiger partial charge in [0.15, 0.2) is 5.89 Å². The lowest BCUT2D eigenvalue weighted by Crippen LogP contribution is -2.48. The zero-order valence-corrected chi connectivity index (χ0v) is 22.4. The van der Waals surface area contributed by atoms with Crippen LogP contribution < -0.4 is 5.73 Å². The molecular weight excluding hydrogens is 494 g/mol. The van der Waals surface area contributed by atoms with Crippen molar-refractivity contribution in [3.63, 3.8) is 0 Å². The molecule has 39 heavy (non-hydrogen) atoms. The van der Waals surface area contributed by atoms with E-state index in [1.54, 1.807) is 64.6 Å². The lowest BCUT2D eigenvalue weighted by atomic mass is 9.93. The molecule has 0 bridgehead atoms. The molecule has 0 aliphatic carbocycles. The lowest BCUT2D eigenvalue weighted by Gasteiger charge is -2.25. The van der Waals surface area contributed by atoms with Crippen LogP contribution in [0.15, 0.2) is 71.5 Å². The van der Waals surface area contributed by atoms with E-state index in [4.69, 9.17) is 25.7 Å². The number of carbonyl (C=O) groups excluding carboxylic acids is 1. The van der Waals surface area contributed by atoms with Gasteiger partial charge in [-0.3, -0.25) is 25.6 Å². The van der Waals surface area contributed by atoms with Gasteiger partial charge >= 0.3 is 0 Å². The minimum Gasteiger partial charge on any atom is -0.446 e. The molecule has 2 aromatic carbocycles. The van der Waals surface area contributed by atoms with Gasteiger partial charge in [0.05, 0.1) is 24.0 Å². The number of rotatable bonds is 8. The van der Waals surface area contributed by atoms with Gasteiger partial charge in [0.2, 0.25) is 11.8 Å². The normalized spacial score (nSPS) is 12.4. The minimum absolute atomic E-state index is 0.246. The van der Waals surface area contributed by atoms with Crippen molar-refractivity contribution >= 4 is 17.7 Å². The van der Waals surface area contributed by atoms with E-state index in [1.165, 1.54) is 4.90 Å². The van der Waals surface area contributed by atoms with Crippen molar-refractivity contribution in [2.75, 3.05) is 7.05 Å². The second-order valence-electron chi connectivity index (χ2n) is 9.63. The maximum absolute atomic E-state index is 13.5. The summed E-state index contributed by atoms with van der Waals surface area (Å²) in [5, 5.41) is 17.1. The summed E-state index contributed by atoms with van der Waals surface area (Å²) in [7, 11) is 1.67. The fourth-order valence-corrected chi connectivity index (χ4v) is 4.09. The van der Waals surface area contributed by atoms with Gasteiger partial charge in [-0.15, -0.1) is 0 Å². The van der Waals surface area contributed by atoms with Crippen molar-refractivity contribution in [1.29, 1.82) is 10.8 Å². The number of nitrogens with two attached hydrogens (primary N) is 1. The lowest BCUT2D eigenvalue weighted by molar-refractivity contribution is 0.0783. The molecule has 2 aromatic heterocycles. The molecule has 0 radical (unpaired) electrons. The molecular formula is C29H31N7O3. The predicted molar refractivity (Wildman–Crippen MR) is 148 cm³/mol. The van der Waals surface area contributed by atoms with Gasteiger partial charge in [-0.1, -0.05) is 30.3 Å². The third kappa shape index (κ3) is 6.60. The van der Waals surface area contributed by atoms with Gasteiger partial charge in [0.1, 0.15) is 11.5 Å². The first-order chi connectivity index (χ1) is 18.5. The van der Waals surface area contributed by atoms with Crippen LogP contribution in [-0.4, -0.2) is 50.1 Å². The number of carbonyl (C=O) groups is 1. The first-order valence-corrected chi connectivity index (χ1v) is 12.3. The summed E-state index contributed by atoms with van der Waals surface area (Å²) >= 11 is 0. The predicted octanol–water partition coefficient (Wildman–Crippen LogP) is 4.30. The summed E-state index contributed by atoms with van der Waals surface area (Å²) in [6, 6.07) is 14.5. The van der Waals surface area contributed by atoms with E-state index in [2.05, 4.69) is 15.0 Å². The molecule has 4 aromatic rings. The van der Waals surface area contributed by atoms with E-state index in [1.807, 2.05) is 30.3 Å². The average molecular weight is 526 g/mol. The van der Waals surface area contributed by atoms with E-state index >= 15 is 0 Å². The molecule has 0 unspecified atom stereocenters. The Labute approximate surface area is 226 Å². The van der Waals surface area contributed by atoms with Crippen LogP contribution in [0.3, 0.4) is 0 Å². The fraction of sp³-hybridized carbons (Fsp3) is 0.241. The average Bonchev–Trinajstić information content (AvgIpc) is 3.24. The number of aromatic nitrogens is 3. The fourth-order valence-electron chi connectivity index (χ4n) is 4.09. The number of oxazole rings is 1. The Bertz CT molecular complexity index is 1500. The highest BCUT2D eigenvalue weighted by Crippen LogP contribution is 2.23. The van der Waals surface area contributed by atoms with Crippen LogP contribution in [0, 0.1) is 24.7 Å². The van der Waals surface area contributed by atoms with Gasteiger partial charge in [0.25, 0.3) is 5.91 Å². The zero-order chi connectivity index (χ0) is 28.2. The Morgan fingerprint density at radius 2 is 1.82 bits per heavy atom. The Hall–Kier alpha value is -4.70. The maximum Gasteiger partial charge on any atom is 0.253 e. The van der Waals surface area contributed by atoms with Crippen LogP contribution in [0.5, 0.6) is 0 Å². The standard InChI is InChI=1S/C29H31N7O3/c1-18-25(35-19(2)38-18)17-36(4)27(37)23-13-21(24-16-33-10-11-34-24)12-22(14-23)26(30)39-28(31)29(3,32)15-20-8-6-5-7-9-20/h5-14,16,30-31H,15,17,32H2,1-4H3/t29-/m1/s1. The number of benzene rings is 2. The van der Waals surface area contributed by atoms with Crippen molar-refractivity contribution in [2.45, 2.75) is 39.3 Å². The van der Waals surface area contributed by atoms with Crippen LogP contribution in [0.4, 0.5) is 0 Å². The number of amides is 1. The molecule has 1 atom stereocenters. The highest BCUT2D eigenvalue weighted by atomic mass is 16.5. The molecule has 2 heterocycles. The van der Waals surface area contributed by atoms with Crippen LogP contribution in [-0.2, 0) is 17.7 Å². The molecule has 0 aliphatic heterocycles. The van der Waals surface area contributed by atoms with Gasteiger partial charge in [-0.05, 0) is 44.0 Å². The van der Waals surface area contributed by atoms with E-state index in [9.17, 15) is 4.79 Å². The highest BCUT2D eigenvalue weighted by Gasteiger charge is 2.29. The van der Waals surface area contributed by atoms with Crippen molar-refractivity contribution in [3.8, 4) is 11.3 Å². The topological polar surface area (TPSA) is 155 Å². The Morgan fingerprint density at radius 1 is 1.10 bits per heavy atom. The van der Waals surface area contributed by atoms with Gasteiger partial charge in [-0.2, -0.15) is 0 Å². The van der Waals surface area contributed by atoms with Crippen LogP contribution in [0.2, 0.25) is 0 Å². The smallest absolute Gasteiger partial charge is 0.253 e. The van der Waals surface area contributed by atoms with Gasteiger partial charge < -0.3 is 19.8 Å². The number of hydrogen-bond acceptors (Lipinski definition) is 9. The summed E-state index contributed by atoms with van der Waals surface area (Å²) < 4.78 is 11.1. The quantitative estimate of drug-likeness (QED) is 0.229. The van der Waals surface area contributed by atoms with Crippen LogP contribution in [0.25, 0.3) is 11.3 Å². The SMILES string of the molecule is Cc1nc(CN(C)C(=O)c2cc(C(=N)OC(=N)[C@](C)(N)Cc3ccccc3)cc(-c3cnccn3)c2)c(C)o1. The van der Waals surface area contributed by atoms with E-state index in [0.717, 1.165) is 5.56 Å². The molecule has 0 saturated carbocycles. The number of aryl methyl sites for hydroxylation is 2. The first kappa shape index (κ1) is 27.3. The molecule has 10 nitrogen and oxygen atoms in total. The molecule has 200 valence electrons. The number of nitrogens with zero attached hydrogens (tertiary/aromatic N) is 4. The van der Waals surface area contributed by atoms with E-state index in [-0.39, 0.29) is 24.2 Å². The Balaban J connectivity index is 1.61. The number of ether oxygens (including phenoxy) is 1. The second-order valence-corrected chi connectivity index (χ2v) is 9.63. The number of nitrogens with one attached hydrogen (secondary N) is 2. The maximum atomic E-state index is 13.5. The zero-order valence-electron chi connectivity index (χ0n) is 22.4. The summed E-state index contributed by atoms with van der Waals surface area (Å²) in [6.07, 6.45) is 5.03. The molecule has 0 saturated heterocycles.